The van der Waals surface area contributed by atoms with Gasteiger partial charge >= 0.3 is 0 Å². The van der Waals surface area contributed by atoms with Gasteiger partial charge in [-0.05, 0) is 43.0 Å². The molecule has 2 aromatic carbocycles. The van der Waals surface area contributed by atoms with E-state index in [0.29, 0.717) is 31.2 Å². The Kier molecular flexibility index (Phi) is 5.63. The van der Waals surface area contributed by atoms with Crippen molar-refractivity contribution < 1.29 is 8.42 Å². The van der Waals surface area contributed by atoms with Gasteiger partial charge in [-0.2, -0.15) is 4.31 Å². The summed E-state index contributed by atoms with van der Waals surface area (Å²) in [5, 5.41) is 0.480. The largest absolute Gasteiger partial charge is 0.368 e. The highest BCUT2D eigenvalue weighted by Crippen LogP contribution is 2.30. The molecule has 0 unspecified atom stereocenters. The van der Waals surface area contributed by atoms with Gasteiger partial charge in [-0.15, -0.1) is 11.8 Å². The Morgan fingerprint density at radius 1 is 1.04 bits per heavy atom. The van der Waals surface area contributed by atoms with E-state index in [1.54, 1.807) is 34.3 Å². The van der Waals surface area contributed by atoms with Crippen molar-refractivity contribution in [2.75, 3.05) is 37.3 Å². The summed E-state index contributed by atoms with van der Waals surface area (Å²) in [5.41, 5.74) is 2.05. The van der Waals surface area contributed by atoms with Crippen molar-refractivity contribution in [3.63, 3.8) is 0 Å². The number of aryl methyl sites for hydroxylation is 1. The highest BCUT2D eigenvalue weighted by molar-refractivity contribution is 7.98. The number of benzene rings is 2. The first-order chi connectivity index (χ1) is 11.9. The maximum atomic E-state index is 12.9. The molecule has 0 N–H and O–H groups in total. The van der Waals surface area contributed by atoms with Crippen LogP contribution in [0.15, 0.2) is 52.3 Å². The third kappa shape index (κ3) is 3.82. The van der Waals surface area contributed by atoms with Gasteiger partial charge in [0.05, 0.1) is 10.6 Å². The predicted octanol–water partition coefficient (Wildman–Crippen LogP) is 3.88. The lowest BCUT2D eigenvalue weighted by atomic mass is 10.2. The van der Waals surface area contributed by atoms with E-state index < -0.39 is 10.0 Å². The van der Waals surface area contributed by atoms with Gasteiger partial charge in [0.1, 0.15) is 0 Å². The third-order valence-electron chi connectivity index (χ3n) is 4.45. The highest BCUT2D eigenvalue weighted by Gasteiger charge is 2.29. The first-order valence-corrected chi connectivity index (χ1v) is 11.1. The quantitative estimate of drug-likeness (QED) is 0.735. The normalized spacial score (nSPS) is 16.2. The zero-order valence-corrected chi connectivity index (χ0v) is 16.7. The van der Waals surface area contributed by atoms with Gasteiger partial charge < -0.3 is 4.90 Å². The fourth-order valence-corrected chi connectivity index (χ4v) is 5.26. The number of rotatable bonds is 4. The van der Waals surface area contributed by atoms with Crippen LogP contribution in [0.25, 0.3) is 0 Å². The Labute approximate surface area is 158 Å². The molecule has 1 aliphatic heterocycles. The zero-order chi connectivity index (χ0) is 18.0. The summed E-state index contributed by atoms with van der Waals surface area (Å²) in [5.74, 6) is 0. The summed E-state index contributed by atoms with van der Waals surface area (Å²) in [4.78, 5) is 3.73. The Morgan fingerprint density at radius 3 is 2.36 bits per heavy atom. The molecule has 1 fully saturated rings. The fourth-order valence-electron chi connectivity index (χ4n) is 2.94. The predicted molar refractivity (Wildman–Crippen MR) is 105 cm³/mol. The second-order valence-corrected chi connectivity index (χ2v) is 9.17. The lowest BCUT2D eigenvalue weighted by Crippen LogP contribution is -2.48. The molecule has 0 spiro atoms. The number of para-hydroxylation sites is 1. The van der Waals surface area contributed by atoms with Gasteiger partial charge in [0.15, 0.2) is 0 Å². The van der Waals surface area contributed by atoms with E-state index in [-0.39, 0.29) is 4.90 Å². The molecule has 1 aliphatic rings. The van der Waals surface area contributed by atoms with Crippen molar-refractivity contribution in [2.45, 2.75) is 16.7 Å². The summed E-state index contributed by atoms with van der Waals surface area (Å²) in [6.07, 6.45) is 2.06. The Balaban J connectivity index is 1.76. The van der Waals surface area contributed by atoms with Crippen LogP contribution in [0.5, 0.6) is 0 Å². The molecule has 3 rings (SSSR count). The molecule has 1 saturated heterocycles. The van der Waals surface area contributed by atoms with Gasteiger partial charge in [-0.25, -0.2) is 8.42 Å². The molecule has 134 valence electrons. The van der Waals surface area contributed by atoms with E-state index in [9.17, 15) is 8.42 Å². The monoisotopic (exact) mass is 396 g/mol. The van der Waals surface area contributed by atoms with Gasteiger partial charge in [0.25, 0.3) is 0 Å². The maximum absolute atomic E-state index is 12.9. The molecule has 7 heteroatoms. The van der Waals surface area contributed by atoms with Crippen LogP contribution in [0.2, 0.25) is 5.02 Å². The van der Waals surface area contributed by atoms with E-state index in [0.717, 1.165) is 5.56 Å². The number of hydrogen-bond donors (Lipinski definition) is 0. The third-order valence-corrected chi connectivity index (χ3v) is 7.53. The van der Waals surface area contributed by atoms with Crippen LogP contribution in [-0.4, -0.2) is 45.2 Å². The number of hydrogen-bond acceptors (Lipinski definition) is 4. The van der Waals surface area contributed by atoms with Crippen LogP contribution >= 0.6 is 23.4 Å². The van der Waals surface area contributed by atoms with E-state index in [1.807, 2.05) is 19.1 Å². The van der Waals surface area contributed by atoms with E-state index in [1.165, 1.54) is 10.6 Å². The zero-order valence-electron chi connectivity index (χ0n) is 14.3. The Morgan fingerprint density at radius 2 is 1.72 bits per heavy atom. The van der Waals surface area contributed by atoms with E-state index in [2.05, 4.69) is 23.3 Å². The van der Waals surface area contributed by atoms with E-state index in [4.69, 9.17) is 11.6 Å². The average molecular weight is 397 g/mol. The SMILES string of the molecule is CSc1ccccc1N1CCN(S(=O)(=O)c2ccc(C)c(Cl)c2)CC1. The van der Waals surface area contributed by atoms with Crippen molar-refractivity contribution in [2.24, 2.45) is 0 Å². The first-order valence-electron chi connectivity index (χ1n) is 8.08. The maximum Gasteiger partial charge on any atom is 0.243 e. The van der Waals surface area contributed by atoms with Crippen LogP contribution in [0.4, 0.5) is 5.69 Å². The molecule has 2 aromatic rings. The minimum atomic E-state index is -3.51. The van der Waals surface area contributed by atoms with E-state index >= 15 is 0 Å². The molecule has 0 bridgehead atoms. The van der Waals surface area contributed by atoms with Crippen LogP contribution in [0, 0.1) is 6.92 Å². The average Bonchev–Trinajstić information content (AvgIpc) is 2.64. The molecule has 25 heavy (non-hydrogen) atoms. The van der Waals surface area contributed by atoms with Gasteiger partial charge in [0, 0.05) is 36.1 Å². The second-order valence-electron chi connectivity index (χ2n) is 5.97. The minimum Gasteiger partial charge on any atom is -0.368 e. The molecular formula is C18H21ClN2O2S2. The lowest BCUT2D eigenvalue weighted by molar-refractivity contribution is 0.384. The number of nitrogens with zero attached hydrogens (tertiary/aromatic N) is 2. The summed E-state index contributed by atoms with van der Waals surface area (Å²) >= 11 is 7.81. The summed E-state index contributed by atoms with van der Waals surface area (Å²) < 4.78 is 27.3. The molecule has 0 aliphatic carbocycles. The van der Waals surface area contributed by atoms with Crippen molar-refractivity contribution in [1.82, 2.24) is 4.31 Å². The molecule has 0 radical (unpaired) electrons. The van der Waals surface area contributed by atoms with Crippen LogP contribution < -0.4 is 4.90 Å². The molecular weight excluding hydrogens is 376 g/mol. The summed E-state index contributed by atoms with van der Waals surface area (Å²) in [6.45, 7) is 4.15. The molecule has 0 amide bonds. The van der Waals surface area contributed by atoms with Crippen molar-refractivity contribution >= 4 is 39.1 Å². The van der Waals surface area contributed by atoms with Gasteiger partial charge in [-0.1, -0.05) is 29.8 Å². The number of anilines is 1. The van der Waals surface area contributed by atoms with Gasteiger partial charge in [-0.3, -0.25) is 0 Å². The first kappa shape index (κ1) is 18.6. The van der Waals surface area contributed by atoms with Crippen LogP contribution in [0.1, 0.15) is 5.56 Å². The summed E-state index contributed by atoms with van der Waals surface area (Å²) in [7, 11) is -3.51. The number of piperazine rings is 1. The minimum absolute atomic E-state index is 0.265. The Bertz CT molecular complexity index is 863. The topological polar surface area (TPSA) is 40.6 Å². The molecule has 4 nitrogen and oxygen atoms in total. The lowest BCUT2D eigenvalue weighted by Gasteiger charge is -2.36. The number of sulfonamides is 1. The molecule has 0 saturated carbocycles. The molecule has 1 heterocycles. The standard InChI is InChI=1S/C18H21ClN2O2S2/c1-14-7-8-15(13-16(14)19)25(22,23)21-11-9-20(10-12-21)17-5-3-4-6-18(17)24-2/h3-8,13H,9-12H2,1-2H3. The van der Waals surface area contributed by atoms with Gasteiger partial charge in [0.2, 0.25) is 10.0 Å². The smallest absolute Gasteiger partial charge is 0.243 e. The highest BCUT2D eigenvalue weighted by atomic mass is 35.5. The fraction of sp³-hybridized carbons (Fsp3) is 0.333. The van der Waals surface area contributed by atoms with Crippen LogP contribution in [-0.2, 0) is 10.0 Å². The van der Waals surface area contributed by atoms with Crippen LogP contribution in [0.3, 0.4) is 0 Å². The van der Waals surface area contributed by atoms with Crippen molar-refractivity contribution in [3.05, 3.63) is 53.1 Å². The van der Waals surface area contributed by atoms with Crippen molar-refractivity contribution in [3.8, 4) is 0 Å². The molecule has 0 aromatic heterocycles. The number of halogens is 1. The Hall–Kier alpha value is -1.21. The molecule has 0 atom stereocenters. The second kappa shape index (κ2) is 7.58. The van der Waals surface area contributed by atoms with Crippen molar-refractivity contribution in [1.29, 1.82) is 0 Å². The number of thioether (sulfide) groups is 1. The summed E-state index contributed by atoms with van der Waals surface area (Å²) in [6, 6.07) is 13.2.